The first kappa shape index (κ1) is 19.1. The Kier molecular flexibility index (Phi) is 4.58. The van der Waals surface area contributed by atoms with Gasteiger partial charge in [0.05, 0.1) is 23.1 Å². The number of nitrogens with zero attached hydrogens (tertiary/aromatic N) is 3. The molecule has 29 heavy (non-hydrogen) atoms. The van der Waals surface area contributed by atoms with Crippen molar-refractivity contribution in [3.63, 3.8) is 0 Å². The maximum absolute atomic E-state index is 13.8. The van der Waals surface area contributed by atoms with Crippen LogP contribution in [-0.4, -0.2) is 20.3 Å². The van der Waals surface area contributed by atoms with Crippen molar-refractivity contribution in [2.24, 2.45) is 7.05 Å². The van der Waals surface area contributed by atoms with Crippen LogP contribution in [0.1, 0.15) is 16.1 Å². The number of hydrogen-bond acceptors (Lipinski definition) is 2. The molecule has 0 saturated heterocycles. The molecule has 5 nitrogen and oxygen atoms in total. The highest BCUT2D eigenvalue weighted by atomic mass is 35.5. The van der Waals surface area contributed by atoms with Gasteiger partial charge in [0.2, 0.25) is 0 Å². The van der Waals surface area contributed by atoms with Gasteiger partial charge < -0.3 is 9.88 Å². The molecule has 0 saturated carbocycles. The quantitative estimate of drug-likeness (QED) is 0.491. The van der Waals surface area contributed by atoms with Crippen molar-refractivity contribution in [3.05, 3.63) is 77.2 Å². The minimum Gasteiger partial charge on any atom is -0.350 e. The number of halogens is 4. The zero-order valence-corrected chi connectivity index (χ0v) is 15.8. The van der Waals surface area contributed by atoms with E-state index in [1.807, 2.05) is 17.7 Å². The van der Waals surface area contributed by atoms with Crippen molar-refractivity contribution in [1.82, 2.24) is 14.3 Å². The molecule has 2 heterocycles. The number of aromatic nitrogens is 3. The molecule has 0 radical (unpaired) electrons. The van der Waals surface area contributed by atoms with Gasteiger partial charge in [-0.05, 0) is 36.4 Å². The largest absolute Gasteiger partial charge is 0.434 e. The van der Waals surface area contributed by atoms with E-state index < -0.39 is 23.3 Å². The minimum absolute atomic E-state index is 0.106. The van der Waals surface area contributed by atoms with Gasteiger partial charge in [0.1, 0.15) is 0 Å². The molecule has 2 aromatic carbocycles. The first-order valence-electron chi connectivity index (χ1n) is 8.52. The molecule has 0 fully saturated rings. The smallest absolute Gasteiger partial charge is 0.350 e. The zero-order valence-electron chi connectivity index (χ0n) is 15.0. The van der Waals surface area contributed by atoms with Crippen molar-refractivity contribution in [2.75, 3.05) is 5.32 Å². The highest BCUT2D eigenvalue weighted by Gasteiger charge is 2.40. The fourth-order valence-corrected chi connectivity index (χ4v) is 3.38. The van der Waals surface area contributed by atoms with Crippen LogP contribution < -0.4 is 5.32 Å². The topological polar surface area (TPSA) is 51.9 Å². The summed E-state index contributed by atoms with van der Waals surface area (Å²) in [5, 5.41) is 7.35. The van der Waals surface area contributed by atoms with Crippen molar-refractivity contribution >= 4 is 34.1 Å². The lowest BCUT2D eigenvalue weighted by molar-refractivity contribution is -0.143. The zero-order chi connectivity index (χ0) is 20.8. The Morgan fingerprint density at radius 2 is 1.90 bits per heavy atom. The molecule has 1 amide bonds. The second kappa shape index (κ2) is 6.97. The summed E-state index contributed by atoms with van der Waals surface area (Å²) >= 11 is 5.89. The van der Waals surface area contributed by atoms with E-state index in [-0.39, 0.29) is 10.7 Å². The van der Waals surface area contributed by atoms with E-state index in [0.29, 0.717) is 10.4 Å². The lowest BCUT2D eigenvalue weighted by atomic mass is 10.1. The standard InChI is InChI=1S/C20H14ClF3N4O/c1-27-9-8-14-16(6-3-7-17(14)27)26-19(29)15-11-25-28(18(15)20(22,23)24)13-5-2-4-12(21)10-13/h2-11H,1H3,(H,26,29). The molecule has 0 unspecified atom stereocenters. The number of nitrogens with one attached hydrogen (secondary N) is 1. The number of rotatable bonds is 3. The van der Waals surface area contributed by atoms with Crippen LogP contribution in [-0.2, 0) is 13.2 Å². The SMILES string of the molecule is Cn1ccc2c(NC(=O)c3cnn(-c4cccc(Cl)c4)c3C(F)(F)F)cccc21. The summed E-state index contributed by atoms with van der Waals surface area (Å²) < 4.78 is 43.9. The normalized spacial score (nSPS) is 11.8. The number of amides is 1. The van der Waals surface area contributed by atoms with E-state index in [0.717, 1.165) is 17.1 Å². The Bertz CT molecular complexity index is 1230. The van der Waals surface area contributed by atoms with Gasteiger partial charge in [0.25, 0.3) is 5.91 Å². The summed E-state index contributed by atoms with van der Waals surface area (Å²) in [7, 11) is 1.84. The highest BCUT2D eigenvalue weighted by molar-refractivity contribution is 6.30. The van der Waals surface area contributed by atoms with Crippen LogP contribution in [0.3, 0.4) is 0 Å². The van der Waals surface area contributed by atoms with Crippen LogP contribution >= 0.6 is 11.6 Å². The predicted octanol–water partition coefficient (Wildman–Crippen LogP) is 5.29. The highest BCUT2D eigenvalue weighted by Crippen LogP contribution is 2.35. The Hall–Kier alpha value is -3.26. The molecule has 0 spiro atoms. The summed E-state index contributed by atoms with van der Waals surface area (Å²) in [6, 6.07) is 12.8. The second-order valence-corrected chi connectivity index (χ2v) is 6.85. The monoisotopic (exact) mass is 418 g/mol. The van der Waals surface area contributed by atoms with E-state index in [4.69, 9.17) is 11.6 Å². The summed E-state index contributed by atoms with van der Waals surface area (Å²) in [6.07, 6.45) is -2.09. The molecule has 0 aliphatic rings. The van der Waals surface area contributed by atoms with Crippen LogP contribution in [0, 0.1) is 0 Å². The number of benzene rings is 2. The van der Waals surface area contributed by atoms with Gasteiger partial charge in [-0.1, -0.05) is 23.7 Å². The molecule has 4 aromatic rings. The predicted molar refractivity (Wildman–Crippen MR) is 104 cm³/mol. The maximum Gasteiger partial charge on any atom is 0.434 e. The molecule has 148 valence electrons. The number of carbonyl (C=O) groups excluding carboxylic acids is 1. The molecule has 2 aromatic heterocycles. The molecule has 0 atom stereocenters. The van der Waals surface area contributed by atoms with Gasteiger partial charge in [0.15, 0.2) is 5.69 Å². The fourth-order valence-electron chi connectivity index (χ4n) is 3.19. The van der Waals surface area contributed by atoms with Crippen molar-refractivity contribution in [3.8, 4) is 5.69 Å². The van der Waals surface area contributed by atoms with Gasteiger partial charge in [0, 0.05) is 29.2 Å². The number of carbonyl (C=O) groups is 1. The average molecular weight is 419 g/mol. The number of alkyl halides is 3. The van der Waals surface area contributed by atoms with Crippen LogP contribution in [0.4, 0.5) is 18.9 Å². The Labute approximate surface area is 168 Å². The third-order valence-corrected chi connectivity index (χ3v) is 4.75. The molecule has 0 aliphatic heterocycles. The molecular formula is C20H14ClF3N4O. The third-order valence-electron chi connectivity index (χ3n) is 4.51. The first-order chi connectivity index (χ1) is 13.8. The van der Waals surface area contributed by atoms with Crippen molar-refractivity contribution in [2.45, 2.75) is 6.18 Å². The van der Waals surface area contributed by atoms with Gasteiger partial charge in [-0.3, -0.25) is 4.79 Å². The molecular weight excluding hydrogens is 405 g/mol. The Morgan fingerprint density at radius 1 is 1.14 bits per heavy atom. The molecule has 0 aliphatic carbocycles. The molecule has 4 rings (SSSR count). The van der Waals surface area contributed by atoms with Crippen LogP contribution in [0.25, 0.3) is 16.6 Å². The van der Waals surface area contributed by atoms with Crippen LogP contribution in [0.2, 0.25) is 5.02 Å². The second-order valence-electron chi connectivity index (χ2n) is 6.42. The van der Waals surface area contributed by atoms with E-state index in [2.05, 4.69) is 10.4 Å². The van der Waals surface area contributed by atoms with E-state index in [1.165, 1.54) is 24.3 Å². The first-order valence-corrected chi connectivity index (χ1v) is 8.90. The minimum atomic E-state index is -4.80. The molecule has 1 N–H and O–H groups in total. The maximum atomic E-state index is 13.8. The Morgan fingerprint density at radius 3 is 2.62 bits per heavy atom. The summed E-state index contributed by atoms with van der Waals surface area (Å²) in [6.45, 7) is 0. The van der Waals surface area contributed by atoms with Gasteiger partial charge >= 0.3 is 6.18 Å². The van der Waals surface area contributed by atoms with Crippen LogP contribution in [0.15, 0.2) is 60.9 Å². The molecule has 0 bridgehead atoms. The van der Waals surface area contributed by atoms with Crippen molar-refractivity contribution in [1.29, 1.82) is 0 Å². The molecule has 9 heteroatoms. The Balaban J connectivity index is 1.77. The van der Waals surface area contributed by atoms with Gasteiger partial charge in [-0.15, -0.1) is 0 Å². The summed E-state index contributed by atoms with van der Waals surface area (Å²) in [4.78, 5) is 12.7. The lowest BCUT2D eigenvalue weighted by Gasteiger charge is -2.13. The van der Waals surface area contributed by atoms with Gasteiger partial charge in [-0.25, -0.2) is 4.68 Å². The van der Waals surface area contributed by atoms with Gasteiger partial charge in [-0.2, -0.15) is 18.3 Å². The average Bonchev–Trinajstić information content (AvgIpc) is 3.27. The third kappa shape index (κ3) is 3.47. The van der Waals surface area contributed by atoms with E-state index >= 15 is 0 Å². The van der Waals surface area contributed by atoms with E-state index in [9.17, 15) is 18.0 Å². The summed E-state index contributed by atoms with van der Waals surface area (Å²) in [5.41, 5.74) is -0.387. The fraction of sp³-hybridized carbons (Fsp3) is 0.100. The number of anilines is 1. The van der Waals surface area contributed by atoms with Crippen LogP contribution in [0.5, 0.6) is 0 Å². The van der Waals surface area contributed by atoms with Crippen molar-refractivity contribution < 1.29 is 18.0 Å². The number of fused-ring (bicyclic) bond motifs is 1. The number of aryl methyl sites for hydroxylation is 1. The lowest BCUT2D eigenvalue weighted by Crippen LogP contribution is -2.20. The number of hydrogen-bond donors (Lipinski definition) is 1. The van der Waals surface area contributed by atoms with E-state index in [1.54, 1.807) is 24.4 Å². The summed E-state index contributed by atoms with van der Waals surface area (Å²) in [5.74, 6) is -0.901.